The zero-order valence-electron chi connectivity index (χ0n) is 17.8. The summed E-state index contributed by atoms with van der Waals surface area (Å²) < 4.78 is 15.1. The number of hydrazone groups is 1. The van der Waals surface area contributed by atoms with Crippen LogP contribution in [0.5, 0.6) is 0 Å². The van der Waals surface area contributed by atoms with Crippen LogP contribution in [-0.4, -0.2) is 34.4 Å². The lowest BCUT2D eigenvalue weighted by molar-refractivity contribution is -0.120. The zero-order chi connectivity index (χ0) is 23.9. The maximum absolute atomic E-state index is 13.4. The molecule has 34 heavy (non-hydrogen) atoms. The first-order valence-corrected chi connectivity index (χ1v) is 10.6. The van der Waals surface area contributed by atoms with E-state index in [9.17, 15) is 14.0 Å². The lowest BCUT2D eigenvalue weighted by Gasteiger charge is -2.04. The highest BCUT2D eigenvalue weighted by atomic mass is 35.5. The van der Waals surface area contributed by atoms with E-state index in [1.54, 1.807) is 41.2 Å². The van der Waals surface area contributed by atoms with Crippen LogP contribution in [0.25, 0.3) is 16.9 Å². The Morgan fingerprint density at radius 2 is 1.79 bits per heavy atom. The molecule has 170 valence electrons. The molecule has 7 nitrogen and oxygen atoms in total. The van der Waals surface area contributed by atoms with Gasteiger partial charge in [-0.2, -0.15) is 10.2 Å². The summed E-state index contributed by atoms with van der Waals surface area (Å²) in [5, 5.41) is 11.5. The van der Waals surface area contributed by atoms with Crippen LogP contribution in [0, 0.1) is 5.82 Å². The van der Waals surface area contributed by atoms with Gasteiger partial charge in [-0.05, 0) is 54.6 Å². The molecule has 9 heteroatoms. The predicted octanol–water partition coefficient (Wildman–Crippen LogP) is 4.21. The standard InChI is InChI=1S/C25H19ClFN5O2/c26-20-6-4-5-18(13-20)25(34)28-15-23(33)30-29-14-19-16-32(22-7-2-1-3-8-22)31-24(19)17-9-11-21(27)12-10-17/h1-14,16H,15H2,(H,28,34)(H,30,33). The molecule has 1 heterocycles. The quantitative estimate of drug-likeness (QED) is 0.310. The number of para-hydroxylation sites is 1. The van der Waals surface area contributed by atoms with E-state index in [-0.39, 0.29) is 12.4 Å². The second kappa shape index (κ2) is 10.5. The molecule has 4 rings (SSSR count). The minimum atomic E-state index is -0.509. The van der Waals surface area contributed by atoms with Crippen molar-refractivity contribution >= 4 is 29.6 Å². The van der Waals surface area contributed by atoms with Gasteiger partial charge in [0.05, 0.1) is 18.4 Å². The van der Waals surface area contributed by atoms with Crippen molar-refractivity contribution in [2.24, 2.45) is 5.10 Å². The Labute approximate surface area is 199 Å². The first kappa shape index (κ1) is 22.9. The van der Waals surface area contributed by atoms with Crippen LogP contribution in [0.4, 0.5) is 4.39 Å². The molecule has 0 aliphatic carbocycles. The number of rotatable bonds is 7. The fourth-order valence-electron chi connectivity index (χ4n) is 3.13. The molecule has 3 aromatic carbocycles. The number of carbonyl (C=O) groups is 2. The minimum absolute atomic E-state index is 0.267. The molecule has 0 aliphatic rings. The third-order valence-corrected chi connectivity index (χ3v) is 5.01. The first-order chi connectivity index (χ1) is 16.5. The van der Waals surface area contributed by atoms with E-state index in [1.807, 2.05) is 30.3 Å². The van der Waals surface area contributed by atoms with E-state index in [2.05, 4.69) is 20.9 Å². The van der Waals surface area contributed by atoms with Gasteiger partial charge in [-0.25, -0.2) is 14.5 Å². The van der Waals surface area contributed by atoms with E-state index in [4.69, 9.17) is 11.6 Å². The number of carbonyl (C=O) groups excluding carboxylic acids is 2. The van der Waals surface area contributed by atoms with Crippen LogP contribution in [0.3, 0.4) is 0 Å². The van der Waals surface area contributed by atoms with Crippen LogP contribution in [0.15, 0.2) is 90.2 Å². The molecule has 4 aromatic rings. The Balaban J connectivity index is 1.46. The molecule has 2 amide bonds. The van der Waals surface area contributed by atoms with Crippen molar-refractivity contribution in [3.8, 4) is 16.9 Å². The molecule has 0 atom stereocenters. The molecule has 0 saturated heterocycles. The number of nitrogens with one attached hydrogen (secondary N) is 2. The Hall–Kier alpha value is -4.30. The van der Waals surface area contributed by atoms with Gasteiger partial charge in [0.1, 0.15) is 11.5 Å². The summed E-state index contributed by atoms with van der Waals surface area (Å²) in [5.74, 6) is -1.29. The van der Waals surface area contributed by atoms with Crippen molar-refractivity contribution in [1.82, 2.24) is 20.5 Å². The molecule has 0 spiro atoms. The van der Waals surface area contributed by atoms with Gasteiger partial charge in [0.25, 0.3) is 11.8 Å². The van der Waals surface area contributed by atoms with Crippen LogP contribution in [0.1, 0.15) is 15.9 Å². The van der Waals surface area contributed by atoms with E-state index < -0.39 is 11.8 Å². The van der Waals surface area contributed by atoms with Gasteiger partial charge in [-0.3, -0.25) is 9.59 Å². The highest BCUT2D eigenvalue weighted by molar-refractivity contribution is 6.31. The third kappa shape index (κ3) is 5.73. The average Bonchev–Trinajstić information content (AvgIpc) is 3.27. The second-order valence-electron chi connectivity index (χ2n) is 7.21. The number of amides is 2. The number of hydrogen-bond donors (Lipinski definition) is 2. The summed E-state index contributed by atoms with van der Waals surface area (Å²) in [7, 11) is 0. The van der Waals surface area contributed by atoms with Gasteiger partial charge >= 0.3 is 0 Å². The SMILES string of the molecule is O=C(CNC(=O)c1cccc(Cl)c1)NN=Cc1cn(-c2ccccc2)nc1-c1ccc(F)cc1. The van der Waals surface area contributed by atoms with Gasteiger partial charge in [-0.15, -0.1) is 0 Å². The highest BCUT2D eigenvalue weighted by Gasteiger charge is 2.12. The Kier molecular flexibility index (Phi) is 7.10. The lowest BCUT2D eigenvalue weighted by atomic mass is 10.1. The van der Waals surface area contributed by atoms with Crippen molar-refractivity contribution < 1.29 is 14.0 Å². The minimum Gasteiger partial charge on any atom is -0.343 e. The molecule has 0 bridgehead atoms. The Morgan fingerprint density at radius 1 is 1.03 bits per heavy atom. The smallest absolute Gasteiger partial charge is 0.259 e. The van der Waals surface area contributed by atoms with Crippen molar-refractivity contribution in [2.75, 3.05) is 6.54 Å². The van der Waals surface area contributed by atoms with Gasteiger partial charge in [0.15, 0.2) is 0 Å². The monoisotopic (exact) mass is 475 g/mol. The number of nitrogens with zero attached hydrogens (tertiary/aromatic N) is 3. The van der Waals surface area contributed by atoms with Gasteiger partial charge in [0.2, 0.25) is 0 Å². The van der Waals surface area contributed by atoms with Crippen LogP contribution in [0.2, 0.25) is 5.02 Å². The largest absolute Gasteiger partial charge is 0.343 e. The summed E-state index contributed by atoms with van der Waals surface area (Å²) in [6, 6.07) is 21.8. The van der Waals surface area contributed by atoms with Crippen molar-refractivity contribution in [3.05, 3.63) is 107 Å². The van der Waals surface area contributed by atoms with Crippen LogP contribution in [-0.2, 0) is 4.79 Å². The maximum Gasteiger partial charge on any atom is 0.259 e. The molecule has 1 aromatic heterocycles. The van der Waals surface area contributed by atoms with E-state index >= 15 is 0 Å². The molecular formula is C25H19ClFN5O2. The second-order valence-corrected chi connectivity index (χ2v) is 7.64. The van der Waals surface area contributed by atoms with Crippen molar-refractivity contribution in [3.63, 3.8) is 0 Å². The topological polar surface area (TPSA) is 88.4 Å². The number of hydrogen-bond acceptors (Lipinski definition) is 4. The third-order valence-electron chi connectivity index (χ3n) is 4.77. The van der Waals surface area contributed by atoms with E-state index in [1.165, 1.54) is 24.4 Å². The van der Waals surface area contributed by atoms with Crippen molar-refractivity contribution in [2.45, 2.75) is 0 Å². The summed E-state index contributed by atoms with van der Waals surface area (Å²) in [4.78, 5) is 24.3. The van der Waals surface area contributed by atoms with Crippen LogP contribution < -0.4 is 10.7 Å². The lowest BCUT2D eigenvalue weighted by Crippen LogP contribution is -2.34. The first-order valence-electron chi connectivity index (χ1n) is 10.3. The summed E-state index contributed by atoms with van der Waals surface area (Å²) >= 11 is 5.88. The fraction of sp³-hybridized carbons (Fsp3) is 0.0400. The van der Waals surface area contributed by atoms with Crippen LogP contribution >= 0.6 is 11.6 Å². The molecular weight excluding hydrogens is 457 g/mol. The van der Waals surface area contributed by atoms with Crippen molar-refractivity contribution in [1.29, 1.82) is 0 Å². The average molecular weight is 476 g/mol. The van der Waals surface area contributed by atoms with Gasteiger partial charge in [0, 0.05) is 27.9 Å². The normalized spacial score (nSPS) is 10.9. The Bertz CT molecular complexity index is 1340. The molecule has 2 N–H and O–H groups in total. The highest BCUT2D eigenvalue weighted by Crippen LogP contribution is 2.23. The van der Waals surface area contributed by atoms with E-state index in [0.29, 0.717) is 27.4 Å². The Morgan fingerprint density at radius 3 is 2.53 bits per heavy atom. The fourth-order valence-corrected chi connectivity index (χ4v) is 3.32. The van der Waals surface area contributed by atoms with Gasteiger partial charge < -0.3 is 5.32 Å². The molecule has 0 saturated carbocycles. The molecule has 0 radical (unpaired) electrons. The predicted molar refractivity (Wildman–Crippen MR) is 128 cm³/mol. The number of benzene rings is 3. The number of halogens is 2. The zero-order valence-corrected chi connectivity index (χ0v) is 18.5. The summed E-state index contributed by atoms with van der Waals surface area (Å²) in [6.07, 6.45) is 3.20. The molecule has 0 fully saturated rings. The summed E-state index contributed by atoms with van der Waals surface area (Å²) in [6.45, 7) is -0.267. The number of aromatic nitrogens is 2. The molecule has 0 aliphatic heterocycles. The maximum atomic E-state index is 13.4. The van der Waals surface area contributed by atoms with E-state index in [0.717, 1.165) is 5.69 Å². The summed E-state index contributed by atoms with van der Waals surface area (Å²) in [5.41, 5.74) is 5.43. The molecule has 0 unspecified atom stereocenters. The van der Waals surface area contributed by atoms with Gasteiger partial charge in [-0.1, -0.05) is 35.9 Å².